The average Bonchev–Trinajstić information content (AvgIpc) is 2.06. The van der Waals surface area contributed by atoms with Crippen molar-refractivity contribution < 1.29 is 8.96 Å². The predicted octanol–water partition coefficient (Wildman–Crippen LogP) is 1.83. The molecule has 0 spiro atoms. The number of hydrogen-bond donors (Lipinski definition) is 0. The molecule has 0 bridgehead atoms. The molecule has 0 aliphatic rings. The second-order valence-electron chi connectivity index (χ2n) is 2.11. The molecule has 0 amide bonds. The van der Waals surface area contributed by atoms with Gasteiger partial charge in [-0.05, 0) is 6.07 Å². The summed E-state index contributed by atoms with van der Waals surface area (Å²) in [6.07, 6.45) is 7.40. The number of hydrogen-bond acceptors (Lipinski definition) is 1. The van der Waals surface area contributed by atoms with Crippen LogP contribution in [-0.2, 0) is 6.54 Å². The Hall–Kier alpha value is -0.570. The lowest BCUT2D eigenvalue weighted by atomic mass is 10.5. The Kier molecular flexibility index (Phi) is 3.36. The summed E-state index contributed by atoms with van der Waals surface area (Å²) in [5.41, 5.74) is 0. The molecule has 0 aromatic carbocycles. The average molecular weight is 171 g/mol. The van der Waals surface area contributed by atoms with Crippen LogP contribution in [0.2, 0.25) is 0 Å². The molecule has 0 unspecified atom stereocenters. The number of nitrogens with zero attached hydrogens (tertiary/aromatic N) is 1. The van der Waals surface area contributed by atoms with Crippen molar-refractivity contribution in [3.05, 3.63) is 30.8 Å². The molecule has 59 valence electrons. The molecule has 1 aromatic heterocycles. The summed E-state index contributed by atoms with van der Waals surface area (Å²) in [7, 11) is 0. The number of rotatable bonds is 3. The minimum absolute atomic E-state index is 0.323. The molecule has 11 heavy (non-hydrogen) atoms. The third-order valence-corrected chi connectivity index (χ3v) is 1.92. The van der Waals surface area contributed by atoms with Crippen molar-refractivity contribution in [1.29, 1.82) is 0 Å². The zero-order valence-corrected chi connectivity index (χ0v) is 6.98. The maximum Gasteiger partial charge on any atom is 0.182 e. The number of alkyl halides is 1. The van der Waals surface area contributed by atoms with E-state index < -0.39 is 0 Å². The van der Waals surface area contributed by atoms with E-state index in [0.717, 1.165) is 4.90 Å². The number of thioether (sulfide) groups is 1. The van der Waals surface area contributed by atoms with Gasteiger partial charge in [0, 0.05) is 12.3 Å². The Morgan fingerprint density at radius 1 is 1.64 bits per heavy atom. The number of aryl methyl sites for hydroxylation is 1. The van der Waals surface area contributed by atoms with Gasteiger partial charge in [0.1, 0.15) is 6.67 Å². The Labute approximate surface area is 70.2 Å². The van der Waals surface area contributed by atoms with E-state index in [1.54, 1.807) is 0 Å². The summed E-state index contributed by atoms with van der Waals surface area (Å²) in [6.45, 7) is 0.102. The van der Waals surface area contributed by atoms with E-state index in [2.05, 4.69) is 6.26 Å². The first kappa shape index (κ1) is 8.53. The summed E-state index contributed by atoms with van der Waals surface area (Å²) in [4.78, 5) is 1.06. The molecule has 1 aromatic rings. The Morgan fingerprint density at radius 2 is 2.45 bits per heavy atom. The SMILES string of the molecule is [CH2]Sc1ccc[n+](CCF)c1. The molecular weight excluding hydrogens is 161 g/mol. The van der Waals surface area contributed by atoms with Crippen LogP contribution in [0.1, 0.15) is 0 Å². The third-order valence-electron chi connectivity index (χ3n) is 1.34. The zero-order valence-electron chi connectivity index (χ0n) is 6.16. The summed E-state index contributed by atoms with van der Waals surface area (Å²) in [5.74, 6) is 0. The van der Waals surface area contributed by atoms with Gasteiger partial charge in [0.25, 0.3) is 0 Å². The van der Waals surface area contributed by atoms with Crippen LogP contribution >= 0.6 is 11.8 Å². The second-order valence-corrected chi connectivity index (χ2v) is 2.87. The van der Waals surface area contributed by atoms with Gasteiger partial charge in [-0.2, -0.15) is 0 Å². The molecule has 0 N–H and O–H groups in total. The van der Waals surface area contributed by atoms with Crippen LogP contribution in [0.4, 0.5) is 4.39 Å². The van der Waals surface area contributed by atoms with Crippen molar-refractivity contribution in [3.8, 4) is 0 Å². The molecule has 0 fully saturated rings. The first-order chi connectivity index (χ1) is 5.36. The molecule has 0 atom stereocenters. The Balaban J connectivity index is 2.74. The molecule has 0 saturated carbocycles. The van der Waals surface area contributed by atoms with Crippen LogP contribution in [0.3, 0.4) is 0 Å². The van der Waals surface area contributed by atoms with E-state index in [9.17, 15) is 4.39 Å². The second kappa shape index (κ2) is 4.34. The quantitative estimate of drug-likeness (QED) is 0.495. The minimum atomic E-state index is -0.323. The van der Waals surface area contributed by atoms with Crippen molar-refractivity contribution in [1.82, 2.24) is 0 Å². The fraction of sp³-hybridized carbons (Fsp3) is 0.250. The van der Waals surface area contributed by atoms with Crippen molar-refractivity contribution in [2.24, 2.45) is 0 Å². The monoisotopic (exact) mass is 171 g/mol. The zero-order chi connectivity index (χ0) is 8.10. The van der Waals surface area contributed by atoms with Crippen LogP contribution in [-0.4, -0.2) is 6.67 Å². The van der Waals surface area contributed by atoms with Crippen molar-refractivity contribution in [3.63, 3.8) is 0 Å². The van der Waals surface area contributed by atoms with Gasteiger partial charge in [-0.25, -0.2) is 8.96 Å². The Bertz CT molecular complexity index is 227. The highest BCUT2D eigenvalue weighted by atomic mass is 32.2. The van der Waals surface area contributed by atoms with E-state index >= 15 is 0 Å². The molecule has 1 heterocycles. The molecule has 1 radical (unpaired) electrons. The van der Waals surface area contributed by atoms with E-state index in [1.807, 2.05) is 29.1 Å². The summed E-state index contributed by atoms with van der Waals surface area (Å²) in [5, 5.41) is 0. The topological polar surface area (TPSA) is 3.88 Å². The smallest absolute Gasteiger partial charge is 0.182 e. The van der Waals surface area contributed by atoms with Crippen molar-refractivity contribution in [2.75, 3.05) is 6.67 Å². The van der Waals surface area contributed by atoms with Crippen LogP contribution in [0.5, 0.6) is 0 Å². The molecular formula is C8H10FNS+. The molecule has 3 heteroatoms. The molecule has 1 nitrogen and oxygen atoms in total. The van der Waals surface area contributed by atoms with E-state index in [1.165, 1.54) is 11.8 Å². The first-order valence-corrected chi connectivity index (χ1v) is 4.32. The number of aromatic nitrogens is 1. The summed E-state index contributed by atoms with van der Waals surface area (Å²) < 4.78 is 13.7. The lowest BCUT2D eigenvalue weighted by molar-refractivity contribution is -0.698. The fourth-order valence-electron chi connectivity index (χ4n) is 0.820. The standard InChI is InChI=1S/C8H10FNS/c1-11-8-3-2-5-10(7-8)6-4-9/h2-3,5,7H,1,4,6H2/q+1. The van der Waals surface area contributed by atoms with E-state index in [-0.39, 0.29) is 6.67 Å². The highest BCUT2D eigenvalue weighted by Crippen LogP contribution is 2.11. The Morgan fingerprint density at radius 3 is 3.09 bits per heavy atom. The number of halogens is 1. The molecule has 0 aliphatic carbocycles. The normalized spacial score (nSPS) is 10.0. The van der Waals surface area contributed by atoms with Crippen LogP contribution in [0.15, 0.2) is 29.4 Å². The molecule has 0 aliphatic heterocycles. The lowest BCUT2D eigenvalue weighted by Gasteiger charge is -1.94. The van der Waals surface area contributed by atoms with Crippen molar-refractivity contribution in [2.45, 2.75) is 11.4 Å². The predicted molar refractivity (Wildman–Crippen MR) is 43.8 cm³/mol. The van der Waals surface area contributed by atoms with E-state index in [0.29, 0.717) is 6.54 Å². The van der Waals surface area contributed by atoms with Crippen molar-refractivity contribution >= 4 is 11.8 Å². The van der Waals surface area contributed by atoms with Gasteiger partial charge in [0.15, 0.2) is 18.9 Å². The highest BCUT2D eigenvalue weighted by Gasteiger charge is 1.99. The number of pyridine rings is 1. The fourth-order valence-corrected chi connectivity index (χ4v) is 1.20. The van der Waals surface area contributed by atoms with Gasteiger partial charge in [-0.3, -0.25) is 0 Å². The lowest BCUT2D eigenvalue weighted by Crippen LogP contribution is -2.33. The maximum absolute atomic E-state index is 11.9. The van der Waals surface area contributed by atoms with Gasteiger partial charge in [0.05, 0.1) is 4.90 Å². The maximum atomic E-state index is 11.9. The molecule has 1 rings (SSSR count). The van der Waals surface area contributed by atoms with Crippen LogP contribution < -0.4 is 4.57 Å². The van der Waals surface area contributed by atoms with Gasteiger partial charge in [-0.15, -0.1) is 11.8 Å². The van der Waals surface area contributed by atoms with Crippen LogP contribution in [0.25, 0.3) is 0 Å². The largest absolute Gasteiger partial charge is 0.244 e. The van der Waals surface area contributed by atoms with Gasteiger partial charge < -0.3 is 0 Å². The summed E-state index contributed by atoms with van der Waals surface area (Å²) >= 11 is 1.42. The molecule has 0 saturated heterocycles. The van der Waals surface area contributed by atoms with Gasteiger partial charge in [0.2, 0.25) is 0 Å². The van der Waals surface area contributed by atoms with Gasteiger partial charge in [-0.1, -0.05) is 0 Å². The summed E-state index contributed by atoms with van der Waals surface area (Å²) in [6, 6.07) is 3.84. The van der Waals surface area contributed by atoms with Gasteiger partial charge >= 0.3 is 0 Å². The minimum Gasteiger partial charge on any atom is -0.244 e. The first-order valence-electron chi connectivity index (χ1n) is 3.34. The highest BCUT2D eigenvalue weighted by molar-refractivity contribution is 8.00. The third kappa shape index (κ3) is 2.50. The van der Waals surface area contributed by atoms with E-state index in [4.69, 9.17) is 0 Å². The van der Waals surface area contributed by atoms with Crippen LogP contribution in [0, 0.1) is 6.26 Å².